The van der Waals surface area contributed by atoms with E-state index in [0.717, 1.165) is 45.6 Å². The summed E-state index contributed by atoms with van der Waals surface area (Å²) in [4.78, 5) is 4.67. The SMILES string of the molecule is COCc1nnc2n1Cc1c(-c3cn[nH]c3OC)ncn1-c1ccc(OC)cc1-2. The minimum Gasteiger partial charge on any atom is -0.497 e. The topological polar surface area (TPSA) is 105 Å². The molecule has 1 aliphatic rings. The van der Waals surface area contributed by atoms with E-state index in [-0.39, 0.29) is 0 Å². The quantitative estimate of drug-likeness (QED) is 0.487. The van der Waals surface area contributed by atoms with E-state index in [0.29, 0.717) is 19.0 Å². The van der Waals surface area contributed by atoms with Crippen LogP contribution in [0, 0.1) is 0 Å². The lowest BCUT2D eigenvalue weighted by molar-refractivity contribution is 0.174. The van der Waals surface area contributed by atoms with Gasteiger partial charge in [0.05, 0.1) is 43.9 Å². The Labute approximate surface area is 166 Å². The van der Waals surface area contributed by atoms with E-state index in [1.807, 2.05) is 22.8 Å². The normalized spacial score (nSPS) is 12.1. The fourth-order valence-electron chi connectivity index (χ4n) is 3.67. The molecule has 1 aliphatic heterocycles. The number of rotatable bonds is 5. The second kappa shape index (κ2) is 6.74. The molecule has 0 atom stereocenters. The maximum atomic E-state index is 5.44. The van der Waals surface area contributed by atoms with E-state index in [1.54, 1.807) is 33.9 Å². The fourth-order valence-corrected chi connectivity index (χ4v) is 3.67. The highest BCUT2D eigenvalue weighted by Crippen LogP contribution is 2.38. The summed E-state index contributed by atoms with van der Waals surface area (Å²) in [5, 5.41) is 15.7. The monoisotopic (exact) mass is 393 g/mol. The summed E-state index contributed by atoms with van der Waals surface area (Å²) in [5.41, 5.74) is 4.38. The molecular formula is C19H19N7O3. The van der Waals surface area contributed by atoms with Gasteiger partial charge in [-0.05, 0) is 18.2 Å². The molecule has 0 bridgehead atoms. The van der Waals surface area contributed by atoms with Crippen LogP contribution in [0.15, 0.2) is 30.7 Å². The smallest absolute Gasteiger partial charge is 0.218 e. The van der Waals surface area contributed by atoms with Crippen LogP contribution < -0.4 is 9.47 Å². The second-order valence-corrected chi connectivity index (χ2v) is 6.57. The van der Waals surface area contributed by atoms with Crippen LogP contribution in [-0.4, -0.2) is 55.8 Å². The predicted molar refractivity (Wildman–Crippen MR) is 103 cm³/mol. The highest BCUT2D eigenvalue weighted by atomic mass is 16.5. The Morgan fingerprint density at radius 3 is 2.79 bits per heavy atom. The molecule has 148 valence electrons. The molecule has 0 amide bonds. The molecule has 10 heteroatoms. The number of methoxy groups -OCH3 is 3. The van der Waals surface area contributed by atoms with Gasteiger partial charge in [-0.15, -0.1) is 10.2 Å². The zero-order chi connectivity index (χ0) is 20.0. The number of aromatic amines is 1. The number of hydrogen-bond acceptors (Lipinski definition) is 7. The van der Waals surface area contributed by atoms with Crippen LogP contribution in [-0.2, 0) is 17.9 Å². The first-order valence-corrected chi connectivity index (χ1v) is 8.99. The average molecular weight is 393 g/mol. The number of nitrogens with zero attached hydrogens (tertiary/aromatic N) is 6. The van der Waals surface area contributed by atoms with Crippen molar-refractivity contribution in [2.75, 3.05) is 21.3 Å². The number of imidazole rings is 1. The van der Waals surface area contributed by atoms with Gasteiger partial charge in [-0.3, -0.25) is 0 Å². The number of aromatic nitrogens is 7. The minimum atomic E-state index is 0.352. The summed E-state index contributed by atoms with van der Waals surface area (Å²) >= 11 is 0. The zero-order valence-corrected chi connectivity index (χ0v) is 16.2. The Morgan fingerprint density at radius 2 is 2.00 bits per heavy atom. The van der Waals surface area contributed by atoms with Gasteiger partial charge in [-0.1, -0.05) is 0 Å². The third-order valence-electron chi connectivity index (χ3n) is 5.04. The van der Waals surface area contributed by atoms with Crippen LogP contribution in [0.2, 0.25) is 0 Å². The molecule has 0 spiro atoms. The van der Waals surface area contributed by atoms with Gasteiger partial charge in [-0.2, -0.15) is 5.10 Å². The Balaban J connectivity index is 1.78. The highest BCUT2D eigenvalue weighted by Gasteiger charge is 2.28. The van der Waals surface area contributed by atoms with E-state index in [9.17, 15) is 0 Å². The molecule has 3 aromatic heterocycles. The average Bonchev–Trinajstić information content (AvgIpc) is 3.45. The maximum Gasteiger partial charge on any atom is 0.218 e. The molecular weight excluding hydrogens is 374 g/mol. The molecule has 0 aliphatic carbocycles. The first-order chi connectivity index (χ1) is 14.2. The number of hydrogen-bond donors (Lipinski definition) is 1. The molecule has 10 nitrogen and oxygen atoms in total. The predicted octanol–water partition coefficient (Wildman–Crippen LogP) is 2.05. The van der Waals surface area contributed by atoms with Gasteiger partial charge in [0.15, 0.2) is 11.6 Å². The van der Waals surface area contributed by atoms with E-state index >= 15 is 0 Å². The van der Waals surface area contributed by atoms with Crippen molar-refractivity contribution in [3.8, 4) is 40.0 Å². The van der Waals surface area contributed by atoms with Crippen molar-refractivity contribution in [2.45, 2.75) is 13.2 Å². The van der Waals surface area contributed by atoms with Gasteiger partial charge >= 0.3 is 0 Å². The summed E-state index contributed by atoms with van der Waals surface area (Å²) in [7, 11) is 4.88. The molecule has 0 fully saturated rings. The maximum absolute atomic E-state index is 5.44. The first kappa shape index (κ1) is 17.4. The molecule has 4 aromatic rings. The molecule has 0 radical (unpaired) electrons. The first-order valence-electron chi connectivity index (χ1n) is 8.99. The van der Waals surface area contributed by atoms with Crippen molar-refractivity contribution in [1.29, 1.82) is 0 Å². The van der Waals surface area contributed by atoms with Gasteiger partial charge < -0.3 is 23.3 Å². The molecule has 0 saturated carbocycles. The van der Waals surface area contributed by atoms with Crippen molar-refractivity contribution in [2.24, 2.45) is 0 Å². The van der Waals surface area contributed by atoms with Crippen molar-refractivity contribution < 1.29 is 14.2 Å². The number of fused-ring (bicyclic) bond motifs is 5. The summed E-state index contributed by atoms with van der Waals surface area (Å²) < 4.78 is 20.3. The third-order valence-corrected chi connectivity index (χ3v) is 5.04. The highest BCUT2D eigenvalue weighted by molar-refractivity contribution is 5.74. The van der Waals surface area contributed by atoms with Gasteiger partial charge in [0, 0.05) is 12.7 Å². The van der Waals surface area contributed by atoms with E-state index in [4.69, 9.17) is 14.2 Å². The Hall–Kier alpha value is -3.66. The number of ether oxygens (including phenoxy) is 3. The standard InChI is InChI=1S/C19H19N7O3/c1-27-9-16-22-23-18-12-6-11(28-2)4-5-14(12)26-10-20-17(15(26)8-25(16)18)13-7-21-24-19(13)29-3/h4-7,10H,8-9H2,1-3H3,(H,21,24). The lowest BCUT2D eigenvalue weighted by atomic mass is 10.1. The van der Waals surface area contributed by atoms with Crippen LogP contribution >= 0.6 is 0 Å². The molecule has 5 rings (SSSR count). The third kappa shape index (κ3) is 2.60. The molecule has 4 heterocycles. The summed E-state index contributed by atoms with van der Waals surface area (Å²) in [6.45, 7) is 0.868. The van der Waals surface area contributed by atoms with Gasteiger partial charge in [0.25, 0.3) is 0 Å². The van der Waals surface area contributed by atoms with Crippen molar-refractivity contribution in [1.82, 2.24) is 34.5 Å². The van der Waals surface area contributed by atoms with E-state index in [1.165, 1.54) is 0 Å². The summed E-state index contributed by atoms with van der Waals surface area (Å²) in [6, 6.07) is 5.87. The largest absolute Gasteiger partial charge is 0.497 e. The number of benzene rings is 1. The molecule has 1 N–H and O–H groups in total. The minimum absolute atomic E-state index is 0.352. The summed E-state index contributed by atoms with van der Waals surface area (Å²) in [6.07, 6.45) is 3.52. The zero-order valence-electron chi connectivity index (χ0n) is 16.2. The van der Waals surface area contributed by atoms with E-state index < -0.39 is 0 Å². The Morgan fingerprint density at radius 1 is 1.10 bits per heavy atom. The Bertz CT molecular complexity index is 1190. The summed E-state index contributed by atoms with van der Waals surface area (Å²) in [5.74, 6) is 2.79. The van der Waals surface area contributed by atoms with Crippen molar-refractivity contribution in [3.63, 3.8) is 0 Å². The lowest BCUT2D eigenvalue weighted by Crippen LogP contribution is -2.09. The molecule has 1 aromatic carbocycles. The molecule has 29 heavy (non-hydrogen) atoms. The van der Waals surface area contributed by atoms with Crippen molar-refractivity contribution >= 4 is 0 Å². The van der Waals surface area contributed by atoms with Gasteiger partial charge in [0.2, 0.25) is 5.88 Å². The number of H-pyrrole nitrogens is 1. The van der Waals surface area contributed by atoms with Crippen LogP contribution in [0.3, 0.4) is 0 Å². The lowest BCUT2D eigenvalue weighted by Gasteiger charge is -2.10. The van der Waals surface area contributed by atoms with Gasteiger partial charge in [0.1, 0.15) is 24.4 Å². The van der Waals surface area contributed by atoms with Crippen molar-refractivity contribution in [3.05, 3.63) is 42.2 Å². The molecule has 0 unspecified atom stereocenters. The van der Waals surface area contributed by atoms with Crippen LogP contribution in [0.4, 0.5) is 0 Å². The van der Waals surface area contributed by atoms with Gasteiger partial charge in [-0.25, -0.2) is 10.1 Å². The van der Waals surface area contributed by atoms with Crippen LogP contribution in [0.1, 0.15) is 11.5 Å². The number of nitrogens with one attached hydrogen (secondary N) is 1. The molecule has 0 saturated heterocycles. The fraction of sp³-hybridized carbons (Fsp3) is 0.263. The van der Waals surface area contributed by atoms with Crippen LogP contribution in [0.5, 0.6) is 11.6 Å². The van der Waals surface area contributed by atoms with E-state index in [2.05, 4.69) is 29.9 Å². The van der Waals surface area contributed by atoms with Crippen LogP contribution in [0.25, 0.3) is 28.3 Å². The second-order valence-electron chi connectivity index (χ2n) is 6.57. The Kier molecular flexibility index (Phi) is 4.06.